The minimum Gasteiger partial charge on any atom is -0.461 e. The molecule has 4 aliphatic rings. The minimum absolute atomic E-state index is 0.0381. The second-order valence-electron chi connectivity index (χ2n) is 9.04. The second-order valence-corrected chi connectivity index (χ2v) is 9.04. The minimum atomic E-state index is -1.22. The number of epoxide rings is 1. The van der Waals surface area contributed by atoms with Crippen molar-refractivity contribution < 1.29 is 47.7 Å². The summed E-state index contributed by atoms with van der Waals surface area (Å²) < 4.78 is 27.6. The summed E-state index contributed by atoms with van der Waals surface area (Å²) in [5.41, 5.74) is -0.0402. The number of Topliss-reactive ketones (excluding diaryl/α,β-unsaturated/α-hetero) is 1. The van der Waals surface area contributed by atoms with Gasteiger partial charge in [-0.15, -0.1) is 0 Å². The molecule has 0 aromatic rings. The maximum Gasteiger partial charge on any atom is 0.337 e. The van der Waals surface area contributed by atoms with Crippen molar-refractivity contribution in [1.29, 1.82) is 0 Å². The first-order valence-corrected chi connectivity index (χ1v) is 10.9. The lowest BCUT2D eigenvalue weighted by Gasteiger charge is -2.32. The molecule has 0 bridgehead atoms. The van der Waals surface area contributed by atoms with Crippen molar-refractivity contribution in [3.05, 3.63) is 34.9 Å². The van der Waals surface area contributed by atoms with Gasteiger partial charge in [0.2, 0.25) is 0 Å². The van der Waals surface area contributed by atoms with Crippen LogP contribution in [0.3, 0.4) is 0 Å². The Morgan fingerprint density at radius 1 is 1.15 bits per heavy atom. The van der Waals surface area contributed by atoms with E-state index in [0.29, 0.717) is 11.1 Å². The highest BCUT2D eigenvalue weighted by Crippen LogP contribution is 2.60. The van der Waals surface area contributed by atoms with Crippen LogP contribution >= 0.6 is 0 Å². The SMILES string of the molecule is C=C1C(=O)O[C@H]2[C@H]1[C@H](OC(=O)/C(=C/C)COC(C)=O)[C@H](OC(C)=O)C(C)=C1C(=O)[C@H]3O[C@@]3(C)[C@@H]12. The molecule has 7 atom stereocenters. The number of rotatable bonds is 5. The normalized spacial score (nSPS) is 36.1. The predicted octanol–water partition coefficient (Wildman–Crippen LogP) is 1.12. The Balaban J connectivity index is 1.79. The predicted molar refractivity (Wildman–Crippen MR) is 113 cm³/mol. The van der Waals surface area contributed by atoms with Crippen molar-refractivity contribution in [2.24, 2.45) is 11.8 Å². The van der Waals surface area contributed by atoms with E-state index in [0.717, 1.165) is 0 Å². The lowest BCUT2D eigenvalue weighted by atomic mass is 9.79. The standard InChI is InChI=1S/C24H26O10/c1-7-13(8-30-11(4)25)23(29)33-20-15-10(3)22(28)32-19(15)16-14(9(2)18(20)31-12(5)26)17(27)21-24(16,6)34-21/h7,15-16,18-21H,3,8H2,1-2,4-6H3/b13-7+/t15-,16-,18+,19-,20-,21+,24-/m0/s1. The van der Waals surface area contributed by atoms with Crippen LogP contribution in [0.25, 0.3) is 0 Å². The molecule has 1 saturated carbocycles. The molecular formula is C24H26O10. The number of carbonyl (C=O) groups is 5. The molecule has 2 aliphatic carbocycles. The van der Waals surface area contributed by atoms with E-state index in [1.807, 2.05) is 0 Å². The molecule has 10 nitrogen and oxygen atoms in total. The van der Waals surface area contributed by atoms with Gasteiger partial charge in [-0.05, 0) is 26.3 Å². The van der Waals surface area contributed by atoms with Crippen LogP contribution in [0.2, 0.25) is 0 Å². The molecule has 0 spiro atoms. The molecule has 0 unspecified atom stereocenters. The zero-order valence-electron chi connectivity index (χ0n) is 19.5. The van der Waals surface area contributed by atoms with Crippen LogP contribution in [0.1, 0.15) is 34.6 Å². The zero-order chi connectivity index (χ0) is 25.1. The molecule has 2 saturated heterocycles. The van der Waals surface area contributed by atoms with E-state index in [9.17, 15) is 24.0 Å². The van der Waals surface area contributed by atoms with Crippen LogP contribution in [0.4, 0.5) is 0 Å². The van der Waals surface area contributed by atoms with Crippen LogP contribution in [0.5, 0.6) is 0 Å². The van der Waals surface area contributed by atoms with E-state index in [4.69, 9.17) is 23.7 Å². The molecule has 0 N–H and O–H groups in total. The van der Waals surface area contributed by atoms with Gasteiger partial charge in [0.1, 0.15) is 18.3 Å². The maximum absolute atomic E-state index is 13.1. The van der Waals surface area contributed by atoms with E-state index >= 15 is 0 Å². The second kappa shape index (κ2) is 8.19. The number of fused-ring (bicyclic) bond motifs is 5. The lowest BCUT2D eigenvalue weighted by molar-refractivity contribution is -0.167. The molecule has 182 valence electrons. The molecule has 3 fully saturated rings. The molecule has 34 heavy (non-hydrogen) atoms. The summed E-state index contributed by atoms with van der Waals surface area (Å²) in [6, 6.07) is 0. The van der Waals surface area contributed by atoms with Gasteiger partial charge in [-0.1, -0.05) is 12.7 Å². The monoisotopic (exact) mass is 474 g/mol. The molecule has 4 rings (SSSR count). The summed E-state index contributed by atoms with van der Waals surface area (Å²) in [5.74, 6) is -4.59. The Bertz CT molecular complexity index is 1080. The van der Waals surface area contributed by atoms with Gasteiger partial charge >= 0.3 is 23.9 Å². The first-order valence-electron chi connectivity index (χ1n) is 10.9. The number of ketones is 1. The topological polar surface area (TPSA) is 135 Å². The maximum atomic E-state index is 13.1. The number of allylic oxidation sites excluding steroid dienone is 1. The summed E-state index contributed by atoms with van der Waals surface area (Å²) in [6.45, 7) is 10.9. The number of hydrogen-bond acceptors (Lipinski definition) is 10. The third-order valence-electron chi connectivity index (χ3n) is 6.94. The van der Waals surface area contributed by atoms with E-state index < -0.39 is 65.7 Å². The van der Waals surface area contributed by atoms with Gasteiger partial charge in [-0.25, -0.2) is 9.59 Å². The summed E-state index contributed by atoms with van der Waals surface area (Å²) in [6.07, 6.45) is -2.55. The highest BCUT2D eigenvalue weighted by atomic mass is 16.6. The van der Waals surface area contributed by atoms with Crippen molar-refractivity contribution in [3.63, 3.8) is 0 Å². The highest BCUT2D eigenvalue weighted by molar-refractivity contribution is 6.07. The number of ether oxygens (including phenoxy) is 5. The zero-order valence-corrected chi connectivity index (χ0v) is 19.5. The van der Waals surface area contributed by atoms with Gasteiger partial charge in [0, 0.05) is 25.0 Å². The van der Waals surface area contributed by atoms with Gasteiger partial charge in [0.25, 0.3) is 0 Å². The van der Waals surface area contributed by atoms with Crippen molar-refractivity contribution in [1.82, 2.24) is 0 Å². The fraction of sp³-hybridized carbons (Fsp3) is 0.542. The Morgan fingerprint density at radius 2 is 1.82 bits per heavy atom. The Kier molecular flexibility index (Phi) is 5.75. The van der Waals surface area contributed by atoms with Crippen LogP contribution in [0, 0.1) is 11.8 Å². The van der Waals surface area contributed by atoms with Gasteiger partial charge in [0.15, 0.2) is 24.1 Å². The van der Waals surface area contributed by atoms with Gasteiger partial charge in [-0.3, -0.25) is 14.4 Å². The number of esters is 4. The van der Waals surface area contributed by atoms with E-state index in [2.05, 4.69) is 6.58 Å². The molecule has 2 aliphatic heterocycles. The average Bonchev–Trinajstić information content (AvgIpc) is 3.31. The van der Waals surface area contributed by atoms with Crippen LogP contribution in [-0.4, -0.2) is 66.3 Å². The number of carbonyl (C=O) groups excluding carboxylic acids is 5. The fourth-order valence-corrected chi connectivity index (χ4v) is 5.24. The van der Waals surface area contributed by atoms with Gasteiger partial charge in [-0.2, -0.15) is 0 Å². The Labute approximate surface area is 195 Å². The Morgan fingerprint density at radius 3 is 2.41 bits per heavy atom. The molecule has 0 aromatic heterocycles. The lowest BCUT2D eigenvalue weighted by Crippen LogP contribution is -2.45. The van der Waals surface area contributed by atoms with Crippen molar-refractivity contribution in [2.75, 3.05) is 6.61 Å². The molecular weight excluding hydrogens is 448 g/mol. The Hall–Kier alpha value is -3.27. The summed E-state index contributed by atoms with van der Waals surface area (Å²) in [5, 5.41) is 0. The van der Waals surface area contributed by atoms with E-state index in [1.54, 1.807) is 20.8 Å². The largest absolute Gasteiger partial charge is 0.461 e. The van der Waals surface area contributed by atoms with Crippen LogP contribution in [-0.2, 0) is 47.7 Å². The molecule has 10 heteroatoms. The van der Waals surface area contributed by atoms with E-state index in [-0.39, 0.29) is 23.5 Å². The van der Waals surface area contributed by atoms with Crippen molar-refractivity contribution >= 4 is 29.7 Å². The van der Waals surface area contributed by atoms with Crippen LogP contribution < -0.4 is 0 Å². The first-order chi connectivity index (χ1) is 15.9. The molecule has 0 amide bonds. The quantitative estimate of drug-likeness (QED) is 0.247. The summed E-state index contributed by atoms with van der Waals surface area (Å²) in [7, 11) is 0. The van der Waals surface area contributed by atoms with E-state index in [1.165, 1.54) is 19.9 Å². The van der Waals surface area contributed by atoms with Crippen molar-refractivity contribution in [3.8, 4) is 0 Å². The first kappa shape index (κ1) is 23.9. The molecule has 2 heterocycles. The van der Waals surface area contributed by atoms with Crippen molar-refractivity contribution in [2.45, 2.75) is 64.6 Å². The number of hydrogen-bond donors (Lipinski definition) is 0. The third-order valence-corrected chi connectivity index (χ3v) is 6.94. The summed E-state index contributed by atoms with van der Waals surface area (Å²) >= 11 is 0. The van der Waals surface area contributed by atoms with Crippen LogP contribution in [0.15, 0.2) is 34.9 Å². The third kappa shape index (κ3) is 3.56. The highest BCUT2D eigenvalue weighted by Gasteiger charge is 2.75. The molecule has 0 aromatic carbocycles. The average molecular weight is 474 g/mol. The van der Waals surface area contributed by atoms with Gasteiger partial charge < -0.3 is 23.7 Å². The smallest absolute Gasteiger partial charge is 0.337 e. The summed E-state index contributed by atoms with van der Waals surface area (Å²) in [4.78, 5) is 62.0. The molecule has 0 radical (unpaired) electrons. The fourth-order valence-electron chi connectivity index (χ4n) is 5.24. The van der Waals surface area contributed by atoms with Gasteiger partial charge in [0.05, 0.1) is 17.4 Å².